The van der Waals surface area contributed by atoms with Crippen LogP contribution in [0, 0.1) is 17.0 Å². The summed E-state index contributed by atoms with van der Waals surface area (Å²) in [7, 11) is -4.26. The zero-order valence-corrected chi connectivity index (χ0v) is 16.8. The number of non-ortho nitro benzene ring substituents is 1. The number of ether oxygens (including phenoxy) is 1. The van der Waals surface area contributed by atoms with Gasteiger partial charge in [-0.1, -0.05) is 41.4 Å². The van der Waals surface area contributed by atoms with Crippen LogP contribution in [-0.2, 0) is 19.6 Å². The predicted octanol–water partition coefficient (Wildman–Crippen LogP) is 3.53. The number of benzene rings is 2. The van der Waals surface area contributed by atoms with E-state index >= 15 is 0 Å². The minimum atomic E-state index is -4.26. The summed E-state index contributed by atoms with van der Waals surface area (Å²) in [6.07, 6.45) is -0.247. The zero-order chi connectivity index (χ0) is 20.9. The first-order valence-corrected chi connectivity index (χ1v) is 10.2. The molecule has 2 rings (SSSR count). The van der Waals surface area contributed by atoms with Crippen molar-refractivity contribution < 1.29 is 22.9 Å². The van der Waals surface area contributed by atoms with Crippen molar-refractivity contribution in [2.45, 2.75) is 31.2 Å². The van der Waals surface area contributed by atoms with Crippen LogP contribution in [0.15, 0.2) is 47.4 Å². The lowest BCUT2D eigenvalue weighted by molar-refractivity contribution is -0.385. The van der Waals surface area contributed by atoms with Crippen molar-refractivity contribution in [3.05, 3.63) is 68.7 Å². The second-order valence-corrected chi connectivity index (χ2v) is 8.06. The molecule has 10 heteroatoms. The van der Waals surface area contributed by atoms with Gasteiger partial charge in [-0.05, 0) is 25.5 Å². The molecule has 2 aromatic carbocycles. The average Bonchev–Trinajstić information content (AvgIpc) is 2.61. The van der Waals surface area contributed by atoms with Crippen molar-refractivity contribution in [2.75, 3.05) is 6.61 Å². The Balaban J connectivity index is 2.41. The second-order valence-electron chi connectivity index (χ2n) is 5.97. The third-order valence-electron chi connectivity index (χ3n) is 3.87. The van der Waals surface area contributed by atoms with Crippen molar-refractivity contribution in [1.29, 1.82) is 0 Å². The van der Waals surface area contributed by atoms with E-state index in [4.69, 9.17) is 16.3 Å². The number of carbonyl (C=O) groups is 1. The number of nitro groups is 1. The molecule has 0 heterocycles. The number of halogens is 1. The minimum Gasteiger partial charge on any atom is -0.466 e. The number of carbonyl (C=O) groups excluding carboxylic acids is 1. The Kier molecular flexibility index (Phi) is 7.11. The minimum absolute atomic E-state index is 0.156. The fourth-order valence-electron chi connectivity index (χ4n) is 2.48. The van der Waals surface area contributed by atoms with Crippen molar-refractivity contribution >= 4 is 33.3 Å². The highest BCUT2D eigenvalue weighted by atomic mass is 35.5. The van der Waals surface area contributed by atoms with E-state index in [0.29, 0.717) is 5.56 Å². The van der Waals surface area contributed by atoms with Gasteiger partial charge < -0.3 is 4.74 Å². The van der Waals surface area contributed by atoms with E-state index in [2.05, 4.69) is 4.72 Å². The van der Waals surface area contributed by atoms with E-state index in [-0.39, 0.29) is 18.1 Å². The Morgan fingerprint density at radius 3 is 2.46 bits per heavy atom. The summed E-state index contributed by atoms with van der Waals surface area (Å²) in [6, 6.07) is 9.14. The Labute approximate surface area is 167 Å². The Bertz CT molecular complexity index is 976. The first-order valence-electron chi connectivity index (χ1n) is 8.32. The van der Waals surface area contributed by atoms with Gasteiger partial charge in [0.05, 0.1) is 29.0 Å². The number of sulfonamides is 1. The highest BCUT2D eigenvalue weighted by molar-refractivity contribution is 7.89. The summed E-state index contributed by atoms with van der Waals surface area (Å²) >= 11 is 5.96. The van der Waals surface area contributed by atoms with Gasteiger partial charge in [-0.25, -0.2) is 13.1 Å². The van der Waals surface area contributed by atoms with Gasteiger partial charge in [0.25, 0.3) is 5.69 Å². The summed E-state index contributed by atoms with van der Waals surface area (Å²) in [5, 5.41) is 10.8. The van der Waals surface area contributed by atoms with Gasteiger partial charge in [0.15, 0.2) is 0 Å². The van der Waals surface area contributed by atoms with Crippen LogP contribution in [-0.4, -0.2) is 25.9 Å². The molecular formula is C18H19ClN2O6S. The number of nitrogens with zero attached hydrogens (tertiary/aromatic N) is 1. The maximum atomic E-state index is 12.8. The summed E-state index contributed by atoms with van der Waals surface area (Å²) in [4.78, 5) is 21.8. The van der Waals surface area contributed by atoms with Crippen LogP contribution in [0.5, 0.6) is 0 Å². The quantitative estimate of drug-likeness (QED) is 0.392. The van der Waals surface area contributed by atoms with E-state index in [9.17, 15) is 23.3 Å². The number of esters is 1. The van der Waals surface area contributed by atoms with Crippen LogP contribution in [0.2, 0.25) is 5.02 Å². The first kappa shape index (κ1) is 21.8. The third-order valence-corrected chi connectivity index (χ3v) is 5.82. The smallest absolute Gasteiger partial charge is 0.307 e. The third kappa shape index (κ3) is 5.51. The van der Waals surface area contributed by atoms with Gasteiger partial charge in [-0.3, -0.25) is 14.9 Å². The lowest BCUT2D eigenvalue weighted by atomic mass is 10.0. The fraction of sp³-hybridized carbons (Fsp3) is 0.278. The van der Waals surface area contributed by atoms with Gasteiger partial charge in [0, 0.05) is 12.1 Å². The second kappa shape index (κ2) is 9.13. The van der Waals surface area contributed by atoms with E-state index in [1.54, 1.807) is 31.2 Å². The van der Waals surface area contributed by atoms with Crippen LogP contribution in [0.25, 0.3) is 0 Å². The maximum absolute atomic E-state index is 12.8. The molecule has 0 radical (unpaired) electrons. The fourth-order valence-corrected chi connectivity index (χ4v) is 4.22. The topological polar surface area (TPSA) is 116 Å². The SMILES string of the molecule is CCOC(=O)C[C@H](NS(=O)(=O)c1cc([N+](=O)[O-])ccc1Cl)c1ccc(C)cc1. The molecule has 0 amide bonds. The molecule has 8 nitrogen and oxygen atoms in total. The molecule has 0 aliphatic carbocycles. The molecule has 0 fully saturated rings. The van der Waals surface area contributed by atoms with Crippen LogP contribution >= 0.6 is 11.6 Å². The molecule has 0 bridgehead atoms. The number of aryl methyl sites for hydroxylation is 1. The van der Waals surface area contributed by atoms with Crippen LogP contribution < -0.4 is 4.72 Å². The van der Waals surface area contributed by atoms with Crippen molar-refractivity contribution in [1.82, 2.24) is 4.72 Å². The molecule has 0 unspecified atom stereocenters. The van der Waals surface area contributed by atoms with Crippen LogP contribution in [0.4, 0.5) is 5.69 Å². The van der Waals surface area contributed by atoms with Gasteiger partial charge in [-0.15, -0.1) is 0 Å². The highest BCUT2D eigenvalue weighted by Gasteiger charge is 2.27. The number of nitro benzene ring substituents is 1. The van der Waals surface area contributed by atoms with E-state index in [1.165, 1.54) is 0 Å². The molecule has 0 saturated heterocycles. The number of rotatable bonds is 8. The van der Waals surface area contributed by atoms with Gasteiger partial charge in [-0.2, -0.15) is 0 Å². The largest absolute Gasteiger partial charge is 0.466 e. The zero-order valence-electron chi connectivity index (χ0n) is 15.2. The van der Waals surface area contributed by atoms with Crippen LogP contribution in [0.1, 0.15) is 30.5 Å². The first-order chi connectivity index (χ1) is 13.1. The molecule has 0 spiro atoms. The van der Waals surface area contributed by atoms with Crippen molar-refractivity contribution in [3.8, 4) is 0 Å². The Morgan fingerprint density at radius 1 is 1.25 bits per heavy atom. The number of hydrogen-bond acceptors (Lipinski definition) is 6. The molecule has 28 heavy (non-hydrogen) atoms. The van der Waals surface area contributed by atoms with Crippen molar-refractivity contribution in [3.63, 3.8) is 0 Å². The molecule has 0 aromatic heterocycles. The van der Waals surface area contributed by atoms with E-state index in [0.717, 1.165) is 23.8 Å². The molecular weight excluding hydrogens is 408 g/mol. The van der Waals surface area contributed by atoms with Crippen LogP contribution in [0.3, 0.4) is 0 Å². The maximum Gasteiger partial charge on any atom is 0.307 e. The molecule has 0 aliphatic rings. The molecule has 1 atom stereocenters. The molecule has 0 saturated carbocycles. The standard InChI is InChI=1S/C18H19ClN2O6S/c1-3-27-18(22)11-16(13-6-4-12(2)5-7-13)20-28(25,26)17-10-14(21(23)24)8-9-15(17)19/h4-10,16,20H,3,11H2,1-2H3/t16-/m0/s1. The monoisotopic (exact) mass is 426 g/mol. The van der Waals surface area contributed by atoms with Gasteiger partial charge >= 0.3 is 5.97 Å². The summed E-state index contributed by atoms with van der Waals surface area (Å²) < 4.78 is 33.0. The molecule has 2 aromatic rings. The number of hydrogen-bond donors (Lipinski definition) is 1. The lowest BCUT2D eigenvalue weighted by Crippen LogP contribution is -2.31. The molecule has 1 N–H and O–H groups in total. The van der Waals surface area contributed by atoms with Gasteiger partial charge in [0.2, 0.25) is 10.0 Å². The Hall–Kier alpha value is -2.49. The Morgan fingerprint density at radius 2 is 1.89 bits per heavy atom. The summed E-state index contributed by atoms with van der Waals surface area (Å²) in [5.74, 6) is -0.582. The summed E-state index contributed by atoms with van der Waals surface area (Å²) in [5.41, 5.74) is 1.09. The number of nitrogens with one attached hydrogen (secondary N) is 1. The van der Waals surface area contributed by atoms with Crippen molar-refractivity contribution in [2.24, 2.45) is 0 Å². The van der Waals surface area contributed by atoms with E-state index < -0.39 is 37.5 Å². The predicted molar refractivity (Wildman–Crippen MR) is 104 cm³/mol. The highest BCUT2D eigenvalue weighted by Crippen LogP contribution is 2.28. The average molecular weight is 427 g/mol. The lowest BCUT2D eigenvalue weighted by Gasteiger charge is -2.19. The van der Waals surface area contributed by atoms with E-state index in [1.807, 2.05) is 6.92 Å². The van der Waals surface area contributed by atoms with Gasteiger partial charge in [0.1, 0.15) is 4.90 Å². The molecule has 150 valence electrons. The summed E-state index contributed by atoms with van der Waals surface area (Å²) in [6.45, 7) is 3.67. The molecule has 0 aliphatic heterocycles. The normalized spacial score (nSPS) is 12.4.